The molecule has 45 heavy (non-hydrogen) atoms. The van der Waals surface area contributed by atoms with Crippen molar-refractivity contribution in [2.45, 2.75) is 24.1 Å². The van der Waals surface area contributed by atoms with Gasteiger partial charge in [-0.3, -0.25) is 14.6 Å². The molecule has 5 rings (SSSR count). The van der Waals surface area contributed by atoms with Crippen LogP contribution in [0.15, 0.2) is 60.8 Å². The fraction of sp³-hybridized carbons (Fsp3) is 0.233. The highest BCUT2D eigenvalue weighted by molar-refractivity contribution is 6.05. The third-order valence-corrected chi connectivity index (χ3v) is 7.57. The van der Waals surface area contributed by atoms with Gasteiger partial charge in [0.2, 0.25) is 11.5 Å². The molecule has 0 radical (unpaired) electrons. The second-order valence-corrected chi connectivity index (χ2v) is 10.6. The Morgan fingerprint density at radius 1 is 1.11 bits per heavy atom. The number of primary amides is 1. The van der Waals surface area contributed by atoms with Crippen molar-refractivity contribution in [3.63, 3.8) is 0 Å². The summed E-state index contributed by atoms with van der Waals surface area (Å²) in [7, 11) is 1.37. The van der Waals surface area contributed by atoms with E-state index in [-0.39, 0.29) is 40.4 Å². The molecule has 0 saturated carbocycles. The molecule has 0 saturated heterocycles. The highest BCUT2D eigenvalue weighted by Gasteiger charge is 2.57. The molecular formula is C30H26F4N6O5. The Morgan fingerprint density at radius 3 is 2.47 bits per heavy atom. The first-order chi connectivity index (χ1) is 21.2. The van der Waals surface area contributed by atoms with Crippen LogP contribution >= 0.6 is 0 Å². The minimum Gasteiger partial charge on any atom is -0.489 e. The van der Waals surface area contributed by atoms with Crippen LogP contribution in [0, 0.1) is 5.82 Å². The smallest absolute Gasteiger partial charge is 0.424 e. The van der Waals surface area contributed by atoms with E-state index in [0.29, 0.717) is 10.9 Å². The van der Waals surface area contributed by atoms with Gasteiger partial charge in [-0.15, -0.1) is 0 Å². The molecule has 2 atom stereocenters. The Kier molecular flexibility index (Phi) is 7.83. The van der Waals surface area contributed by atoms with Crippen molar-refractivity contribution in [3.8, 4) is 17.0 Å². The number of pyridine rings is 2. The van der Waals surface area contributed by atoms with Crippen LogP contribution < -0.4 is 26.4 Å². The van der Waals surface area contributed by atoms with Gasteiger partial charge in [-0.25, -0.2) is 14.2 Å². The summed E-state index contributed by atoms with van der Waals surface area (Å²) in [6.45, 7) is -0.352. The van der Waals surface area contributed by atoms with Crippen LogP contribution in [-0.2, 0) is 15.8 Å². The van der Waals surface area contributed by atoms with Gasteiger partial charge >= 0.3 is 12.2 Å². The SMILES string of the molecule is CNC(=O)Nc1cc(C(=O)NC[C@](O)(c2cc3c(c(-c4ccc(F)cc4)n2)OC[C@]3(C)C(N)=O)C(F)(F)F)cc2cccnc12. The van der Waals surface area contributed by atoms with Gasteiger partial charge in [-0.1, -0.05) is 6.07 Å². The number of fused-ring (bicyclic) bond motifs is 2. The zero-order valence-corrected chi connectivity index (χ0v) is 23.8. The second kappa shape index (κ2) is 11.3. The van der Waals surface area contributed by atoms with E-state index in [1.165, 1.54) is 44.4 Å². The normalized spacial score (nSPS) is 17.1. The van der Waals surface area contributed by atoms with Crippen molar-refractivity contribution in [1.82, 2.24) is 20.6 Å². The fourth-order valence-corrected chi connectivity index (χ4v) is 4.85. The van der Waals surface area contributed by atoms with Gasteiger partial charge in [0.15, 0.2) is 0 Å². The summed E-state index contributed by atoms with van der Waals surface area (Å²) in [6.07, 6.45) is -3.94. The number of halogens is 4. The number of hydrogen-bond donors (Lipinski definition) is 5. The summed E-state index contributed by atoms with van der Waals surface area (Å²) >= 11 is 0. The van der Waals surface area contributed by atoms with Crippen molar-refractivity contribution >= 4 is 34.4 Å². The van der Waals surface area contributed by atoms with E-state index in [0.717, 1.165) is 18.2 Å². The summed E-state index contributed by atoms with van der Waals surface area (Å²) in [6, 6.07) is 10.6. The van der Waals surface area contributed by atoms with Crippen molar-refractivity contribution in [2.75, 3.05) is 25.5 Å². The molecule has 11 nitrogen and oxygen atoms in total. The molecule has 0 spiro atoms. The summed E-state index contributed by atoms with van der Waals surface area (Å²) in [5.41, 5.74) is -0.596. The number of amides is 4. The molecule has 2 aromatic heterocycles. The first kappa shape index (κ1) is 31.1. The Labute approximate surface area is 252 Å². The van der Waals surface area contributed by atoms with Gasteiger partial charge in [-0.05, 0) is 55.5 Å². The molecule has 0 fully saturated rings. The van der Waals surface area contributed by atoms with E-state index in [1.54, 1.807) is 12.1 Å². The molecule has 4 aromatic rings. The maximum Gasteiger partial charge on any atom is 0.424 e. The number of anilines is 1. The molecule has 234 valence electrons. The number of nitrogens with two attached hydrogens (primary N) is 1. The molecule has 6 N–H and O–H groups in total. The molecule has 1 aliphatic rings. The minimum absolute atomic E-state index is 0.0545. The Morgan fingerprint density at radius 2 is 1.82 bits per heavy atom. The zero-order valence-electron chi connectivity index (χ0n) is 23.8. The Hall–Kier alpha value is -5.31. The molecule has 2 aromatic carbocycles. The Bertz CT molecular complexity index is 1830. The van der Waals surface area contributed by atoms with Crippen LogP contribution in [0.25, 0.3) is 22.2 Å². The topological polar surface area (TPSA) is 169 Å². The number of rotatable bonds is 7. The van der Waals surface area contributed by atoms with Crippen LogP contribution in [0.2, 0.25) is 0 Å². The zero-order chi connectivity index (χ0) is 32.7. The van der Waals surface area contributed by atoms with E-state index in [4.69, 9.17) is 10.5 Å². The van der Waals surface area contributed by atoms with Gasteiger partial charge in [0.25, 0.3) is 5.91 Å². The van der Waals surface area contributed by atoms with Gasteiger partial charge in [-0.2, -0.15) is 13.2 Å². The number of carbonyl (C=O) groups excluding carboxylic acids is 3. The van der Waals surface area contributed by atoms with Crippen molar-refractivity contribution in [1.29, 1.82) is 0 Å². The lowest BCUT2D eigenvalue weighted by atomic mass is 9.81. The average molecular weight is 627 g/mol. The first-order valence-electron chi connectivity index (χ1n) is 13.4. The van der Waals surface area contributed by atoms with Crippen LogP contribution in [0.3, 0.4) is 0 Å². The molecule has 15 heteroatoms. The van der Waals surface area contributed by atoms with E-state index in [2.05, 4.69) is 25.9 Å². The highest BCUT2D eigenvalue weighted by atomic mass is 19.4. The lowest BCUT2D eigenvalue weighted by Gasteiger charge is -2.31. The molecule has 0 aliphatic carbocycles. The molecule has 3 heterocycles. The van der Waals surface area contributed by atoms with Crippen molar-refractivity contribution in [3.05, 3.63) is 83.4 Å². The van der Waals surface area contributed by atoms with Crippen molar-refractivity contribution in [2.24, 2.45) is 5.73 Å². The van der Waals surface area contributed by atoms with Crippen LogP contribution in [0.5, 0.6) is 5.75 Å². The number of nitrogens with one attached hydrogen (secondary N) is 3. The van der Waals surface area contributed by atoms with Crippen LogP contribution in [0.1, 0.15) is 28.5 Å². The second-order valence-electron chi connectivity index (χ2n) is 10.6. The lowest BCUT2D eigenvalue weighted by molar-refractivity contribution is -0.265. The minimum atomic E-state index is -5.40. The van der Waals surface area contributed by atoms with Crippen LogP contribution in [-0.4, -0.2) is 59.3 Å². The van der Waals surface area contributed by atoms with Gasteiger partial charge in [0.1, 0.15) is 29.3 Å². The summed E-state index contributed by atoms with van der Waals surface area (Å²) in [4.78, 5) is 45.9. The predicted molar refractivity (Wildman–Crippen MR) is 154 cm³/mol. The van der Waals surface area contributed by atoms with Gasteiger partial charge < -0.3 is 31.5 Å². The van der Waals surface area contributed by atoms with E-state index in [9.17, 15) is 37.1 Å². The number of benzene rings is 2. The number of nitrogens with zero attached hydrogens (tertiary/aromatic N) is 2. The summed E-state index contributed by atoms with van der Waals surface area (Å²) in [5, 5.41) is 18.6. The molecular weight excluding hydrogens is 600 g/mol. The number of aromatic nitrogens is 2. The molecule has 0 bridgehead atoms. The maximum atomic E-state index is 14.7. The van der Waals surface area contributed by atoms with Gasteiger partial charge in [0.05, 0.1) is 23.4 Å². The number of urea groups is 1. The summed E-state index contributed by atoms with van der Waals surface area (Å²) in [5.74, 6) is -2.60. The molecule has 1 aliphatic heterocycles. The number of aliphatic hydroxyl groups is 1. The van der Waals surface area contributed by atoms with E-state index in [1.807, 2.05) is 0 Å². The standard InChI is InChI=1S/C30H26F4N6O5/c1-28(26(35)42)14-45-24-19(28)12-21(40-23(24)15-5-7-18(31)8-6-15)29(44,30(32,33)34)13-38-25(41)17-10-16-4-3-9-37-22(16)20(11-17)39-27(43)36-2/h3-12,44H,13-14H2,1-2H3,(H2,35,42)(H,38,41)(H2,36,39,43)/t28-,29-/m0/s1. The number of ether oxygens (including phenoxy) is 1. The largest absolute Gasteiger partial charge is 0.489 e. The molecule has 0 unspecified atom stereocenters. The average Bonchev–Trinajstić information content (AvgIpc) is 3.36. The molecule has 4 amide bonds. The van der Waals surface area contributed by atoms with E-state index >= 15 is 0 Å². The van der Waals surface area contributed by atoms with Gasteiger partial charge in [0, 0.05) is 35.3 Å². The monoisotopic (exact) mass is 626 g/mol. The van der Waals surface area contributed by atoms with Crippen LogP contribution in [0.4, 0.5) is 28.0 Å². The third kappa shape index (κ3) is 5.57. The quantitative estimate of drug-likeness (QED) is 0.196. The maximum absolute atomic E-state index is 14.7. The predicted octanol–water partition coefficient (Wildman–Crippen LogP) is 3.50. The lowest BCUT2D eigenvalue weighted by Crippen LogP contribution is -2.51. The Balaban J connectivity index is 1.57. The number of carbonyl (C=O) groups is 3. The fourth-order valence-electron chi connectivity index (χ4n) is 4.85. The first-order valence-corrected chi connectivity index (χ1v) is 13.4. The van der Waals surface area contributed by atoms with E-state index < -0.39 is 53.1 Å². The number of alkyl halides is 3. The third-order valence-electron chi connectivity index (χ3n) is 7.57. The van der Waals surface area contributed by atoms with Crippen molar-refractivity contribution < 1.29 is 41.8 Å². The highest BCUT2D eigenvalue weighted by Crippen LogP contribution is 2.47. The summed E-state index contributed by atoms with van der Waals surface area (Å²) < 4.78 is 63.5. The number of hydrogen-bond acceptors (Lipinski definition) is 7.